The number of nitrogens with zero attached hydrogens (tertiary/aromatic N) is 2. The Bertz CT molecular complexity index is 1220. The van der Waals surface area contributed by atoms with Gasteiger partial charge in [0.2, 0.25) is 0 Å². The number of nitrogens with one attached hydrogen (secondary N) is 3. The molecule has 0 saturated carbocycles. The van der Waals surface area contributed by atoms with Crippen LogP contribution in [0.4, 0.5) is 10.5 Å². The first-order chi connectivity index (χ1) is 15.1. The van der Waals surface area contributed by atoms with E-state index in [1.54, 1.807) is 12.1 Å². The fourth-order valence-electron chi connectivity index (χ4n) is 3.36. The average molecular weight is 413 g/mol. The molecule has 1 heterocycles. The number of rotatable bonds is 6. The highest BCUT2D eigenvalue weighted by Gasteiger charge is 2.11. The summed E-state index contributed by atoms with van der Waals surface area (Å²) in [7, 11) is 1.97. The van der Waals surface area contributed by atoms with E-state index >= 15 is 0 Å². The first kappa shape index (κ1) is 20.2. The molecule has 0 fully saturated rings. The highest BCUT2D eigenvalue weighted by atomic mass is 16.2. The Balaban J connectivity index is 1.33. The minimum absolute atomic E-state index is 0.169. The summed E-state index contributed by atoms with van der Waals surface area (Å²) in [6.07, 6.45) is 0. The van der Waals surface area contributed by atoms with Crippen molar-refractivity contribution in [2.45, 2.75) is 0 Å². The van der Waals surface area contributed by atoms with Gasteiger partial charge in [-0.25, -0.2) is 9.78 Å². The summed E-state index contributed by atoms with van der Waals surface area (Å²) in [6.45, 7) is 0.649. The number of hydrogen-bond donors (Lipinski definition) is 3. The number of benzene rings is 3. The molecule has 1 aromatic heterocycles. The molecule has 156 valence electrons. The van der Waals surface area contributed by atoms with E-state index in [0.717, 1.165) is 22.4 Å². The number of hydrogen-bond acceptors (Lipinski definition) is 3. The second kappa shape index (κ2) is 9.13. The lowest BCUT2D eigenvalue weighted by Gasteiger charge is -2.10. The Labute approximate surface area is 180 Å². The third kappa shape index (κ3) is 4.72. The van der Waals surface area contributed by atoms with Crippen molar-refractivity contribution in [2.24, 2.45) is 7.05 Å². The van der Waals surface area contributed by atoms with Gasteiger partial charge < -0.3 is 20.5 Å². The van der Waals surface area contributed by atoms with Crippen molar-refractivity contribution in [3.05, 3.63) is 84.4 Å². The van der Waals surface area contributed by atoms with Crippen LogP contribution in [0.5, 0.6) is 0 Å². The molecule has 0 atom stereocenters. The van der Waals surface area contributed by atoms with E-state index in [1.165, 1.54) is 0 Å². The second-order valence-electron chi connectivity index (χ2n) is 7.07. The van der Waals surface area contributed by atoms with Crippen LogP contribution in [0.2, 0.25) is 0 Å². The van der Waals surface area contributed by atoms with Gasteiger partial charge in [0.05, 0.1) is 11.0 Å². The minimum Gasteiger partial charge on any atom is -0.350 e. The van der Waals surface area contributed by atoms with Gasteiger partial charge in [-0.15, -0.1) is 0 Å². The highest BCUT2D eigenvalue weighted by molar-refractivity contribution is 5.94. The third-order valence-corrected chi connectivity index (χ3v) is 4.90. The first-order valence-electron chi connectivity index (χ1n) is 10.0. The molecular formula is C24H23N5O2. The molecule has 0 spiro atoms. The Morgan fingerprint density at radius 3 is 2.42 bits per heavy atom. The molecule has 0 saturated heterocycles. The first-order valence-corrected chi connectivity index (χ1v) is 10.0. The normalized spacial score (nSPS) is 10.6. The summed E-state index contributed by atoms with van der Waals surface area (Å²) < 4.78 is 2.03. The largest absolute Gasteiger partial charge is 0.350 e. The molecule has 4 aromatic rings. The van der Waals surface area contributed by atoms with E-state index in [-0.39, 0.29) is 11.9 Å². The summed E-state index contributed by atoms with van der Waals surface area (Å²) in [5.41, 5.74) is 4.13. The Morgan fingerprint density at radius 1 is 0.871 bits per heavy atom. The summed E-state index contributed by atoms with van der Waals surface area (Å²) in [5.74, 6) is 0.659. The van der Waals surface area contributed by atoms with Gasteiger partial charge in [0.1, 0.15) is 5.82 Å². The van der Waals surface area contributed by atoms with Gasteiger partial charge in [-0.05, 0) is 36.4 Å². The van der Waals surface area contributed by atoms with Crippen molar-refractivity contribution in [3.8, 4) is 11.4 Å². The van der Waals surface area contributed by atoms with Gasteiger partial charge in [-0.3, -0.25) is 4.79 Å². The number of aryl methyl sites for hydroxylation is 1. The van der Waals surface area contributed by atoms with Crippen LogP contribution in [-0.2, 0) is 7.05 Å². The van der Waals surface area contributed by atoms with E-state index in [9.17, 15) is 9.59 Å². The lowest BCUT2D eigenvalue weighted by Crippen LogP contribution is -2.36. The Morgan fingerprint density at radius 2 is 1.61 bits per heavy atom. The molecule has 3 aromatic carbocycles. The van der Waals surface area contributed by atoms with Crippen LogP contribution < -0.4 is 16.0 Å². The summed E-state index contributed by atoms with van der Waals surface area (Å²) >= 11 is 0. The number of carbonyl (C=O) groups excluding carboxylic acids is 2. The van der Waals surface area contributed by atoms with Gasteiger partial charge in [-0.1, -0.05) is 42.5 Å². The molecule has 7 heteroatoms. The van der Waals surface area contributed by atoms with Crippen LogP contribution in [0.1, 0.15) is 10.4 Å². The molecule has 3 N–H and O–H groups in total. The predicted octanol–water partition coefficient (Wildman–Crippen LogP) is 3.79. The highest BCUT2D eigenvalue weighted by Crippen LogP contribution is 2.25. The minimum atomic E-state index is -0.337. The van der Waals surface area contributed by atoms with E-state index in [1.807, 2.05) is 78.3 Å². The van der Waals surface area contributed by atoms with Crippen LogP contribution in [-0.4, -0.2) is 34.6 Å². The van der Waals surface area contributed by atoms with E-state index in [2.05, 4.69) is 16.0 Å². The fraction of sp³-hybridized carbons (Fsp3) is 0.125. The molecule has 0 bridgehead atoms. The molecule has 0 aliphatic rings. The number of imidazole rings is 1. The van der Waals surface area contributed by atoms with Crippen LogP contribution in [0, 0.1) is 0 Å². The smallest absolute Gasteiger partial charge is 0.319 e. The maximum atomic E-state index is 12.2. The maximum absolute atomic E-state index is 12.2. The summed E-state index contributed by atoms with van der Waals surface area (Å²) in [4.78, 5) is 28.9. The van der Waals surface area contributed by atoms with Gasteiger partial charge in [0.15, 0.2) is 0 Å². The van der Waals surface area contributed by atoms with E-state index in [0.29, 0.717) is 24.3 Å². The van der Waals surface area contributed by atoms with E-state index < -0.39 is 0 Å². The average Bonchev–Trinajstić information content (AvgIpc) is 3.14. The molecule has 0 aliphatic heterocycles. The zero-order chi connectivity index (χ0) is 21.6. The van der Waals surface area contributed by atoms with Crippen molar-refractivity contribution in [1.29, 1.82) is 0 Å². The lowest BCUT2D eigenvalue weighted by molar-refractivity contribution is 0.0954. The molecule has 3 amide bonds. The molecule has 0 radical (unpaired) electrons. The van der Waals surface area contributed by atoms with Crippen molar-refractivity contribution in [2.75, 3.05) is 18.4 Å². The van der Waals surface area contributed by atoms with Gasteiger partial charge >= 0.3 is 6.03 Å². The van der Waals surface area contributed by atoms with Crippen molar-refractivity contribution >= 4 is 28.7 Å². The van der Waals surface area contributed by atoms with Crippen LogP contribution in [0.3, 0.4) is 0 Å². The molecule has 0 unspecified atom stereocenters. The van der Waals surface area contributed by atoms with Crippen molar-refractivity contribution in [1.82, 2.24) is 20.2 Å². The van der Waals surface area contributed by atoms with Gasteiger partial charge in [-0.2, -0.15) is 0 Å². The third-order valence-electron chi connectivity index (χ3n) is 4.90. The van der Waals surface area contributed by atoms with Crippen LogP contribution >= 0.6 is 0 Å². The number of amides is 3. The predicted molar refractivity (Wildman–Crippen MR) is 122 cm³/mol. The summed E-state index contributed by atoms with van der Waals surface area (Å²) in [5, 5.41) is 8.35. The second-order valence-corrected chi connectivity index (χ2v) is 7.07. The quantitative estimate of drug-likeness (QED) is 0.420. The Kier molecular flexibility index (Phi) is 5.93. The molecule has 7 nitrogen and oxygen atoms in total. The van der Waals surface area contributed by atoms with E-state index in [4.69, 9.17) is 4.98 Å². The molecule has 31 heavy (non-hydrogen) atoms. The van der Waals surface area contributed by atoms with Gasteiger partial charge in [0.25, 0.3) is 5.91 Å². The topological polar surface area (TPSA) is 88.0 Å². The monoisotopic (exact) mass is 413 g/mol. The van der Waals surface area contributed by atoms with Crippen molar-refractivity contribution in [3.63, 3.8) is 0 Å². The standard InChI is InChI=1S/C24H23N5O2/c1-29-21-13-6-5-12-20(21)28-22(29)18-10-7-11-19(16-18)27-24(31)26-15-14-25-23(30)17-8-3-2-4-9-17/h2-13,16H,14-15H2,1H3,(H,25,30)(H2,26,27,31). The number of carbonyl (C=O) groups is 2. The number of aromatic nitrogens is 2. The lowest BCUT2D eigenvalue weighted by atomic mass is 10.2. The molecular weight excluding hydrogens is 390 g/mol. The number of urea groups is 1. The SMILES string of the molecule is Cn1c(-c2cccc(NC(=O)NCCNC(=O)c3ccccc3)c2)nc2ccccc21. The molecule has 4 rings (SSSR count). The number of anilines is 1. The fourth-order valence-corrected chi connectivity index (χ4v) is 3.36. The summed E-state index contributed by atoms with van der Waals surface area (Å²) in [6, 6.07) is 24.1. The molecule has 0 aliphatic carbocycles. The zero-order valence-electron chi connectivity index (χ0n) is 17.1. The van der Waals surface area contributed by atoms with Gasteiger partial charge in [0, 0.05) is 37.0 Å². The maximum Gasteiger partial charge on any atom is 0.319 e. The zero-order valence-corrected chi connectivity index (χ0v) is 17.1. The van der Waals surface area contributed by atoms with Crippen LogP contribution in [0.15, 0.2) is 78.9 Å². The van der Waals surface area contributed by atoms with Crippen molar-refractivity contribution < 1.29 is 9.59 Å². The number of para-hydroxylation sites is 2. The Hall–Kier alpha value is -4.13. The van der Waals surface area contributed by atoms with Crippen LogP contribution in [0.25, 0.3) is 22.4 Å². The number of fused-ring (bicyclic) bond motifs is 1.